The van der Waals surface area contributed by atoms with Crippen molar-refractivity contribution in [1.29, 1.82) is 0 Å². The summed E-state index contributed by atoms with van der Waals surface area (Å²) in [4.78, 5) is 14.9. The number of nitrogens with zero attached hydrogens (tertiary/aromatic N) is 2. The quantitative estimate of drug-likeness (QED) is 0.611. The zero-order valence-electron chi connectivity index (χ0n) is 19.1. The predicted octanol–water partition coefficient (Wildman–Crippen LogP) is 1.66. The zero-order valence-corrected chi connectivity index (χ0v) is 19.9. The van der Waals surface area contributed by atoms with Crippen LogP contribution in [-0.2, 0) is 29.4 Å². The maximum absolute atomic E-state index is 12.7. The third-order valence-electron chi connectivity index (χ3n) is 6.61. The van der Waals surface area contributed by atoms with Gasteiger partial charge >= 0.3 is 0 Å². The summed E-state index contributed by atoms with van der Waals surface area (Å²) >= 11 is 0. The molecule has 0 spiro atoms. The number of hydrogen-bond donors (Lipinski definition) is 2. The lowest BCUT2D eigenvalue weighted by Crippen LogP contribution is -2.42. The van der Waals surface area contributed by atoms with Crippen LogP contribution in [0.4, 0.5) is 0 Å². The van der Waals surface area contributed by atoms with Crippen LogP contribution in [0.15, 0.2) is 48.5 Å². The Kier molecular flexibility index (Phi) is 7.48. The molecule has 0 bridgehead atoms. The molecule has 2 N–H and O–H groups in total. The number of carbonyl (C=O) groups is 1. The minimum Gasteiger partial charge on any atom is -0.390 e. The second-order valence-corrected chi connectivity index (χ2v) is 11.3. The lowest BCUT2D eigenvalue weighted by Gasteiger charge is -2.30. The Balaban J connectivity index is 1.25. The van der Waals surface area contributed by atoms with E-state index in [0.717, 1.165) is 37.9 Å². The number of rotatable bonds is 8. The largest absolute Gasteiger partial charge is 0.390 e. The molecule has 0 aliphatic carbocycles. The molecule has 8 heteroatoms. The number of amides is 1. The zero-order chi connectivity index (χ0) is 23.4. The second kappa shape index (κ2) is 10.3. The number of aliphatic hydroxyl groups excluding tert-OH is 1. The van der Waals surface area contributed by atoms with Crippen LogP contribution in [0.3, 0.4) is 0 Å². The number of aliphatic hydroxyl groups is 1. The van der Waals surface area contributed by atoms with E-state index in [4.69, 9.17) is 0 Å². The van der Waals surface area contributed by atoms with Crippen molar-refractivity contribution in [3.63, 3.8) is 0 Å². The van der Waals surface area contributed by atoms with Crippen LogP contribution in [0.1, 0.15) is 33.5 Å². The monoisotopic (exact) mass is 471 g/mol. The summed E-state index contributed by atoms with van der Waals surface area (Å²) < 4.78 is 25.0. The molecule has 2 aliphatic heterocycles. The van der Waals surface area contributed by atoms with E-state index in [1.807, 2.05) is 24.3 Å². The van der Waals surface area contributed by atoms with Crippen molar-refractivity contribution >= 4 is 15.9 Å². The van der Waals surface area contributed by atoms with Gasteiger partial charge in [-0.1, -0.05) is 36.4 Å². The Morgan fingerprint density at radius 1 is 1.15 bits per heavy atom. The molecule has 0 aromatic heterocycles. The van der Waals surface area contributed by atoms with E-state index in [9.17, 15) is 18.3 Å². The van der Waals surface area contributed by atoms with Crippen molar-refractivity contribution in [2.75, 3.05) is 39.0 Å². The van der Waals surface area contributed by atoms with Gasteiger partial charge < -0.3 is 10.4 Å². The van der Waals surface area contributed by atoms with E-state index in [0.29, 0.717) is 25.2 Å². The number of nitrogens with one attached hydrogen (secondary N) is 1. The minimum absolute atomic E-state index is 0.202. The molecule has 1 saturated heterocycles. The van der Waals surface area contributed by atoms with Crippen molar-refractivity contribution in [1.82, 2.24) is 14.5 Å². The van der Waals surface area contributed by atoms with Gasteiger partial charge in [0.1, 0.15) is 0 Å². The fourth-order valence-electron chi connectivity index (χ4n) is 4.82. The number of sulfonamides is 1. The molecule has 1 amide bonds. The molecule has 2 aromatic carbocycles. The van der Waals surface area contributed by atoms with E-state index in [-0.39, 0.29) is 18.4 Å². The molecule has 2 aromatic rings. The van der Waals surface area contributed by atoms with Gasteiger partial charge in [-0.25, -0.2) is 12.7 Å². The highest BCUT2D eigenvalue weighted by Gasteiger charge is 2.28. The lowest BCUT2D eigenvalue weighted by atomic mass is 9.97. The smallest absolute Gasteiger partial charge is 0.251 e. The van der Waals surface area contributed by atoms with Crippen molar-refractivity contribution < 1.29 is 18.3 Å². The van der Waals surface area contributed by atoms with E-state index in [1.165, 1.54) is 21.7 Å². The molecule has 2 atom stereocenters. The predicted molar refractivity (Wildman–Crippen MR) is 128 cm³/mol. The number of benzene rings is 2. The van der Waals surface area contributed by atoms with Crippen LogP contribution < -0.4 is 5.32 Å². The Morgan fingerprint density at radius 3 is 2.70 bits per heavy atom. The Labute approximate surface area is 196 Å². The number of hydrogen-bond acceptors (Lipinski definition) is 5. The van der Waals surface area contributed by atoms with Crippen molar-refractivity contribution in [2.45, 2.75) is 31.9 Å². The fraction of sp³-hybridized carbons (Fsp3) is 0.480. The topological polar surface area (TPSA) is 90.0 Å². The molecule has 4 rings (SSSR count). The van der Waals surface area contributed by atoms with Gasteiger partial charge in [-0.2, -0.15) is 0 Å². The SMILES string of the molecule is CS(=O)(=O)N1CC[C@@H](Cc2cccc(C(=O)NC[C@H](O)CN3CCc4ccccc4C3)c2)C1. The third-order valence-corrected chi connectivity index (χ3v) is 7.88. The highest BCUT2D eigenvalue weighted by atomic mass is 32.2. The van der Waals surface area contributed by atoms with Crippen molar-refractivity contribution in [2.24, 2.45) is 5.92 Å². The standard InChI is InChI=1S/C25H33N3O4S/c1-33(31,32)28-12-9-20(16-28)13-19-5-4-8-22(14-19)25(30)26-15-24(29)18-27-11-10-21-6-2-3-7-23(21)17-27/h2-8,14,20,24,29H,9-13,15-18H2,1H3,(H,26,30)/t20-,24-/m0/s1. The van der Waals surface area contributed by atoms with Gasteiger partial charge in [-0.15, -0.1) is 0 Å². The van der Waals surface area contributed by atoms with Crippen LogP contribution >= 0.6 is 0 Å². The van der Waals surface area contributed by atoms with Gasteiger partial charge in [0.2, 0.25) is 10.0 Å². The molecule has 2 aliphatic rings. The molecule has 0 radical (unpaired) electrons. The number of carbonyl (C=O) groups excluding carboxylic acids is 1. The summed E-state index contributed by atoms with van der Waals surface area (Å²) in [6.45, 7) is 3.54. The number of β-amino-alcohol motifs (C(OH)–C–C–N with tert-alkyl or cyclic N) is 1. The molecule has 0 unspecified atom stereocenters. The highest BCUT2D eigenvalue weighted by Crippen LogP contribution is 2.23. The maximum Gasteiger partial charge on any atom is 0.251 e. The van der Waals surface area contributed by atoms with Gasteiger partial charge in [0, 0.05) is 44.8 Å². The average molecular weight is 472 g/mol. The Hall–Kier alpha value is -2.26. The first-order valence-corrected chi connectivity index (χ1v) is 13.4. The van der Waals surface area contributed by atoms with E-state index in [2.05, 4.69) is 28.4 Å². The Morgan fingerprint density at radius 2 is 1.94 bits per heavy atom. The molecular formula is C25H33N3O4S. The lowest BCUT2D eigenvalue weighted by molar-refractivity contribution is 0.0841. The van der Waals surface area contributed by atoms with Gasteiger partial charge in [-0.05, 0) is 54.0 Å². The summed E-state index contributed by atoms with van der Waals surface area (Å²) in [5, 5.41) is 13.3. The maximum atomic E-state index is 12.7. The van der Waals surface area contributed by atoms with E-state index in [1.54, 1.807) is 6.07 Å². The molecule has 2 heterocycles. The van der Waals surface area contributed by atoms with Gasteiger partial charge in [0.25, 0.3) is 5.91 Å². The second-order valence-electron chi connectivity index (χ2n) is 9.30. The first kappa shape index (κ1) is 23.9. The van der Waals surface area contributed by atoms with Crippen LogP contribution in [0.2, 0.25) is 0 Å². The minimum atomic E-state index is -3.15. The van der Waals surface area contributed by atoms with Gasteiger partial charge in [0.05, 0.1) is 12.4 Å². The summed E-state index contributed by atoms with van der Waals surface area (Å²) in [5.74, 6) is 0.0543. The van der Waals surface area contributed by atoms with Crippen LogP contribution in [0.5, 0.6) is 0 Å². The molecule has 178 valence electrons. The molecule has 0 saturated carbocycles. The molecule has 1 fully saturated rings. The summed E-state index contributed by atoms with van der Waals surface area (Å²) in [6, 6.07) is 15.9. The van der Waals surface area contributed by atoms with E-state index >= 15 is 0 Å². The molecule has 7 nitrogen and oxygen atoms in total. The van der Waals surface area contributed by atoms with Crippen LogP contribution in [-0.4, -0.2) is 73.7 Å². The fourth-order valence-corrected chi connectivity index (χ4v) is 5.74. The molecule has 33 heavy (non-hydrogen) atoms. The molecular weight excluding hydrogens is 438 g/mol. The Bertz CT molecular complexity index is 1090. The van der Waals surface area contributed by atoms with Gasteiger partial charge in [0.15, 0.2) is 0 Å². The van der Waals surface area contributed by atoms with Crippen LogP contribution in [0, 0.1) is 5.92 Å². The normalized spacial score (nSPS) is 20.4. The average Bonchev–Trinajstić information content (AvgIpc) is 3.27. The summed E-state index contributed by atoms with van der Waals surface area (Å²) in [6.07, 6.45) is 3.16. The van der Waals surface area contributed by atoms with Crippen molar-refractivity contribution in [3.8, 4) is 0 Å². The summed E-state index contributed by atoms with van der Waals surface area (Å²) in [7, 11) is -3.15. The first-order chi connectivity index (χ1) is 15.8. The van der Waals surface area contributed by atoms with Crippen molar-refractivity contribution in [3.05, 3.63) is 70.8 Å². The first-order valence-electron chi connectivity index (χ1n) is 11.6. The highest BCUT2D eigenvalue weighted by molar-refractivity contribution is 7.88. The van der Waals surface area contributed by atoms with Crippen LogP contribution in [0.25, 0.3) is 0 Å². The number of fused-ring (bicyclic) bond motifs is 1. The van der Waals surface area contributed by atoms with E-state index < -0.39 is 16.1 Å². The third kappa shape index (κ3) is 6.41. The summed E-state index contributed by atoms with van der Waals surface area (Å²) in [5.41, 5.74) is 4.26. The van der Waals surface area contributed by atoms with Gasteiger partial charge in [-0.3, -0.25) is 9.69 Å².